The molecule has 0 radical (unpaired) electrons. The van der Waals surface area contributed by atoms with Crippen molar-refractivity contribution in [3.63, 3.8) is 0 Å². The molecule has 1 aliphatic rings. The minimum Gasteiger partial charge on any atom is -0.299 e. The lowest BCUT2D eigenvalue weighted by Gasteiger charge is -2.31. The van der Waals surface area contributed by atoms with Crippen molar-refractivity contribution in [2.24, 2.45) is 5.92 Å². The highest BCUT2D eigenvalue weighted by molar-refractivity contribution is 7.92. The van der Waals surface area contributed by atoms with Crippen LogP contribution in [0.25, 0.3) is 0 Å². The molecule has 12 heavy (non-hydrogen) atoms. The maximum atomic E-state index is 11.5. The summed E-state index contributed by atoms with van der Waals surface area (Å²) in [5.74, 6) is -0.239. The Morgan fingerprint density at radius 3 is 2.33 bits per heavy atom. The molecule has 0 N–H and O–H groups in total. The molecule has 0 amide bonds. The van der Waals surface area contributed by atoms with E-state index in [1.165, 1.54) is 0 Å². The number of Topliss-reactive ketones (excluding diaryl/α,β-unsaturated/α-hetero) is 1. The SMILES string of the molecule is CC1CS(=O)(=O)C(C)(C)CC1=O. The maximum absolute atomic E-state index is 11.5. The van der Waals surface area contributed by atoms with Crippen LogP contribution in [0.5, 0.6) is 0 Å². The first-order valence-corrected chi connectivity index (χ1v) is 5.66. The fourth-order valence-corrected chi connectivity index (χ4v) is 3.01. The van der Waals surface area contributed by atoms with Crippen molar-refractivity contribution in [3.8, 4) is 0 Å². The van der Waals surface area contributed by atoms with E-state index in [1.807, 2.05) is 0 Å². The van der Waals surface area contributed by atoms with Gasteiger partial charge < -0.3 is 0 Å². The van der Waals surface area contributed by atoms with Gasteiger partial charge in [0.1, 0.15) is 5.78 Å². The van der Waals surface area contributed by atoms with E-state index in [-0.39, 0.29) is 23.9 Å². The average Bonchev–Trinajstić information content (AvgIpc) is 1.82. The highest BCUT2D eigenvalue weighted by Crippen LogP contribution is 2.30. The van der Waals surface area contributed by atoms with Gasteiger partial charge in [0.05, 0.1) is 10.5 Å². The highest BCUT2D eigenvalue weighted by Gasteiger charge is 2.43. The Morgan fingerprint density at radius 2 is 1.92 bits per heavy atom. The largest absolute Gasteiger partial charge is 0.299 e. The lowest BCUT2D eigenvalue weighted by molar-refractivity contribution is -0.122. The predicted molar refractivity (Wildman–Crippen MR) is 46.7 cm³/mol. The normalized spacial score (nSPS) is 33.2. The van der Waals surface area contributed by atoms with Crippen molar-refractivity contribution in [1.29, 1.82) is 0 Å². The molecule has 3 nitrogen and oxygen atoms in total. The molecule has 0 aliphatic carbocycles. The third-order valence-electron chi connectivity index (χ3n) is 2.46. The van der Waals surface area contributed by atoms with Crippen LogP contribution in [0.3, 0.4) is 0 Å². The van der Waals surface area contributed by atoms with Gasteiger partial charge in [-0.05, 0) is 13.8 Å². The number of sulfone groups is 1. The third-order valence-corrected chi connectivity index (χ3v) is 5.23. The van der Waals surface area contributed by atoms with Crippen molar-refractivity contribution in [1.82, 2.24) is 0 Å². The Labute approximate surface area is 73.1 Å². The van der Waals surface area contributed by atoms with E-state index >= 15 is 0 Å². The van der Waals surface area contributed by atoms with Crippen LogP contribution < -0.4 is 0 Å². The van der Waals surface area contributed by atoms with Gasteiger partial charge in [0.25, 0.3) is 0 Å². The lowest BCUT2D eigenvalue weighted by atomic mass is 9.97. The summed E-state index contributed by atoms with van der Waals surface area (Å²) in [6, 6.07) is 0. The Balaban J connectivity index is 3.04. The molecule has 1 atom stereocenters. The molecule has 1 unspecified atom stereocenters. The van der Waals surface area contributed by atoms with Gasteiger partial charge in [-0.15, -0.1) is 0 Å². The molecule has 0 aromatic rings. The van der Waals surface area contributed by atoms with E-state index in [4.69, 9.17) is 0 Å². The van der Waals surface area contributed by atoms with Gasteiger partial charge in [-0.3, -0.25) is 4.79 Å². The Bertz CT molecular complexity index is 300. The molecule has 0 aromatic heterocycles. The molecule has 1 heterocycles. The van der Waals surface area contributed by atoms with Crippen LogP contribution in [0.1, 0.15) is 27.2 Å². The average molecular weight is 190 g/mol. The van der Waals surface area contributed by atoms with Gasteiger partial charge in [-0.25, -0.2) is 8.42 Å². The van der Waals surface area contributed by atoms with Crippen molar-refractivity contribution in [2.45, 2.75) is 31.9 Å². The summed E-state index contributed by atoms with van der Waals surface area (Å²) >= 11 is 0. The molecule has 0 aromatic carbocycles. The summed E-state index contributed by atoms with van der Waals surface area (Å²) in [4.78, 5) is 11.2. The zero-order chi connectivity index (χ0) is 9.57. The van der Waals surface area contributed by atoms with Gasteiger partial charge in [0.2, 0.25) is 0 Å². The molecule has 0 bridgehead atoms. The number of carbonyl (C=O) groups is 1. The van der Waals surface area contributed by atoms with Crippen LogP contribution in [-0.2, 0) is 14.6 Å². The van der Waals surface area contributed by atoms with Crippen molar-refractivity contribution in [2.75, 3.05) is 5.75 Å². The molecule has 1 rings (SSSR count). The van der Waals surface area contributed by atoms with E-state index in [1.54, 1.807) is 20.8 Å². The van der Waals surface area contributed by atoms with Crippen LogP contribution in [0.15, 0.2) is 0 Å². The topological polar surface area (TPSA) is 51.2 Å². The summed E-state index contributed by atoms with van der Waals surface area (Å²) in [7, 11) is -3.06. The number of hydrogen-bond donors (Lipinski definition) is 0. The fourth-order valence-electron chi connectivity index (χ4n) is 1.35. The van der Waals surface area contributed by atoms with Crippen LogP contribution >= 0.6 is 0 Å². The Morgan fingerprint density at radius 1 is 1.42 bits per heavy atom. The smallest absolute Gasteiger partial charge is 0.156 e. The molecule has 1 fully saturated rings. The van der Waals surface area contributed by atoms with E-state index in [9.17, 15) is 13.2 Å². The second-order valence-corrected chi connectivity index (χ2v) is 6.75. The molecule has 70 valence electrons. The zero-order valence-electron chi connectivity index (χ0n) is 7.62. The highest BCUT2D eigenvalue weighted by atomic mass is 32.2. The lowest BCUT2D eigenvalue weighted by Crippen LogP contribution is -2.45. The maximum Gasteiger partial charge on any atom is 0.156 e. The van der Waals surface area contributed by atoms with E-state index in [0.29, 0.717) is 0 Å². The molecule has 4 heteroatoms. The zero-order valence-corrected chi connectivity index (χ0v) is 8.44. The second kappa shape index (κ2) is 2.55. The molecular weight excluding hydrogens is 176 g/mol. The van der Waals surface area contributed by atoms with Crippen molar-refractivity contribution < 1.29 is 13.2 Å². The van der Waals surface area contributed by atoms with Gasteiger partial charge in [-0.2, -0.15) is 0 Å². The second-order valence-electron chi connectivity index (χ2n) is 4.09. The first-order valence-electron chi connectivity index (χ1n) is 4.01. The summed E-state index contributed by atoms with van der Waals surface area (Å²) in [6.07, 6.45) is 0.163. The van der Waals surface area contributed by atoms with Gasteiger partial charge >= 0.3 is 0 Å². The molecule has 0 saturated carbocycles. The van der Waals surface area contributed by atoms with E-state index in [2.05, 4.69) is 0 Å². The summed E-state index contributed by atoms with van der Waals surface area (Å²) in [5.41, 5.74) is 0. The third kappa shape index (κ3) is 1.40. The monoisotopic (exact) mass is 190 g/mol. The number of rotatable bonds is 0. The summed E-state index contributed by atoms with van der Waals surface area (Å²) in [6.45, 7) is 4.91. The Kier molecular flexibility index (Phi) is 2.07. The molecule has 1 saturated heterocycles. The fraction of sp³-hybridized carbons (Fsp3) is 0.875. The molecule has 1 aliphatic heterocycles. The molecule has 0 spiro atoms. The van der Waals surface area contributed by atoms with Crippen LogP contribution in [0.2, 0.25) is 0 Å². The first kappa shape index (κ1) is 9.71. The molecular formula is C8H14O3S. The quantitative estimate of drug-likeness (QED) is 0.567. The van der Waals surface area contributed by atoms with E-state index in [0.717, 1.165) is 0 Å². The summed E-state index contributed by atoms with van der Waals surface area (Å²) < 4.78 is 22.2. The first-order chi connectivity index (χ1) is 5.26. The van der Waals surface area contributed by atoms with Crippen LogP contribution in [0.4, 0.5) is 0 Å². The number of ketones is 1. The van der Waals surface area contributed by atoms with Crippen LogP contribution in [0, 0.1) is 5.92 Å². The minimum absolute atomic E-state index is 0.0127. The van der Waals surface area contributed by atoms with Crippen molar-refractivity contribution in [3.05, 3.63) is 0 Å². The van der Waals surface area contributed by atoms with E-state index < -0.39 is 14.6 Å². The number of hydrogen-bond acceptors (Lipinski definition) is 3. The minimum atomic E-state index is -3.06. The van der Waals surface area contributed by atoms with Gasteiger partial charge in [-0.1, -0.05) is 6.92 Å². The summed E-state index contributed by atoms with van der Waals surface area (Å²) in [5, 5.41) is 0. The van der Waals surface area contributed by atoms with Gasteiger partial charge in [0, 0.05) is 12.3 Å². The van der Waals surface area contributed by atoms with Gasteiger partial charge in [0.15, 0.2) is 9.84 Å². The predicted octanol–water partition coefficient (Wildman–Crippen LogP) is 0.789. The Hall–Kier alpha value is -0.380. The number of carbonyl (C=O) groups excluding carboxylic acids is 1. The van der Waals surface area contributed by atoms with Crippen molar-refractivity contribution >= 4 is 15.6 Å². The van der Waals surface area contributed by atoms with Crippen LogP contribution in [-0.4, -0.2) is 24.7 Å². The standard InChI is InChI=1S/C8H14O3S/c1-6-5-12(10,11)8(2,3)4-7(6)9/h6H,4-5H2,1-3H3.